The summed E-state index contributed by atoms with van der Waals surface area (Å²) in [5.74, 6) is 0.320. The third-order valence-corrected chi connectivity index (χ3v) is 6.42. The molecule has 2 unspecified atom stereocenters. The number of benzene rings is 2. The Morgan fingerprint density at radius 2 is 1.78 bits per heavy atom. The standard InChI is InChI=1S/C24H26N2O/c1-17-19(15-25)9-5-12-23(17)24(27)20-13-21-10-6-11-22(14-20)26(21)16-18-7-3-2-4-8-18/h2-5,7-9,12,20-22H,6,10-11,13-14,16H2,1H3. The zero-order chi connectivity index (χ0) is 18.8. The van der Waals surface area contributed by atoms with Crippen LogP contribution >= 0.6 is 0 Å². The smallest absolute Gasteiger partial charge is 0.166 e. The van der Waals surface area contributed by atoms with Gasteiger partial charge in [0.05, 0.1) is 11.6 Å². The molecule has 0 aromatic heterocycles. The lowest BCUT2D eigenvalue weighted by molar-refractivity contribution is 0.00904. The Labute approximate surface area is 161 Å². The molecule has 2 aromatic carbocycles. The second kappa shape index (κ2) is 7.66. The van der Waals surface area contributed by atoms with Gasteiger partial charge in [-0.05, 0) is 49.8 Å². The molecule has 2 heterocycles. The second-order valence-electron chi connectivity index (χ2n) is 8.02. The fourth-order valence-corrected chi connectivity index (χ4v) is 4.99. The quantitative estimate of drug-likeness (QED) is 0.732. The van der Waals surface area contributed by atoms with Crippen molar-refractivity contribution in [3.8, 4) is 6.07 Å². The zero-order valence-electron chi connectivity index (χ0n) is 15.9. The summed E-state index contributed by atoms with van der Waals surface area (Å²) in [5.41, 5.74) is 3.55. The van der Waals surface area contributed by atoms with Gasteiger partial charge >= 0.3 is 0 Å². The van der Waals surface area contributed by atoms with Crippen LogP contribution < -0.4 is 0 Å². The van der Waals surface area contributed by atoms with Crippen molar-refractivity contribution in [3.05, 3.63) is 70.8 Å². The van der Waals surface area contributed by atoms with Crippen molar-refractivity contribution in [1.82, 2.24) is 4.90 Å². The van der Waals surface area contributed by atoms with Crippen LogP contribution in [0.5, 0.6) is 0 Å². The van der Waals surface area contributed by atoms with Gasteiger partial charge in [0.15, 0.2) is 5.78 Å². The van der Waals surface area contributed by atoms with Gasteiger partial charge in [-0.15, -0.1) is 0 Å². The van der Waals surface area contributed by atoms with Gasteiger partial charge in [0.25, 0.3) is 0 Å². The van der Waals surface area contributed by atoms with E-state index in [1.165, 1.54) is 24.8 Å². The molecular formula is C24H26N2O. The van der Waals surface area contributed by atoms with Crippen LogP contribution in [-0.2, 0) is 6.54 Å². The molecule has 0 radical (unpaired) electrons. The molecule has 0 saturated carbocycles. The molecular weight excluding hydrogens is 332 g/mol. The molecule has 2 aliphatic rings. The molecule has 3 nitrogen and oxygen atoms in total. The number of carbonyl (C=O) groups is 1. The first-order valence-corrected chi connectivity index (χ1v) is 10.0. The minimum atomic E-state index is 0.0833. The summed E-state index contributed by atoms with van der Waals surface area (Å²) in [7, 11) is 0. The number of hydrogen-bond acceptors (Lipinski definition) is 3. The number of nitriles is 1. The lowest BCUT2D eigenvalue weighted by Crippen LogP contribution is -2.52. The molecule has 2 aromatic rings. The van der Waals surface area contributed by atoms with Gasteiger partial charge in [0.1, 0.15) is 0 Å². The molecule has 2 atom stereocenters. The molecule has 2 fully saturated rings. The maximum atomic E-state index is 13.3. The van der Waals surface area contributed by atoms with Gasteiger partial charge in [0.2, 0.25) is 0 Å². The predicted molar refractivity (Wildman–Crippen MR) is 106 cm³/mol. The number of ketones is 1. The largest absolute Gasteiger partial charge is 0.294 e. The number of hydrogen-bond donors (Lipinski definition) is 0. The van der Waals surface area contributed by atoms with E-state index in [0.717, 1.165) is 30.5 Å². The van der Waals surface area contributed by atoms with E-state index in [1.807, 2.05) is 19.1 Å². The Hall–Kier alpha value is -2.44. The number of piperidine rings is 2. The Kier molecular flexibility index (Phi) is 5.09. The highest BCUT2D eigenvalue weighted by molar-refractivity contribution is 5.99. The van der Waals surface area contributed by atoms with E-state index in [0.29, 0.717) is 17.6 Å². The highest BCUT2D eigenvalue weighted by Gasteiger charge is 2.40. The molecule has 2 saturated heterocycles. The fourth-order valence-electron chi connectivity index (χ4n) is 4.99. The van der Waals surface area contributed by atoms with Crippen molar-refractivity contribution in [1.29, 1.82) is 5.26 Å². The lowest BCUT2D eigenvalue weighted by Gasteiger charge is -2.48. The summed E-state index contributed by atoms with van der Waals surface area (Å²) in [6, 6.07) is 19.4. The predicted octanol–water partition coefficient (Wildman–Crippen LogP) is 4.88. The van der Waals surface area contributed by atoms with Crippen LogP contribution in [0.15, 0.2) is 48.5 Å². The molecule has 0 aliphatic carbocycles. The zero-order valence-corrected chi connectivity index (χ0v) is 15.9. The number of rotatable bonds is 4. The van der Waals surface area contributed by atoms with Gasteiger partial charge < -0.3 is 0 Å². The summed E-state index contributed by atoms with van der Waals surface area (Å²) in [6.07, 6.45) is 5.52. The van der Waals surface area contributed by atoms with E-state index in [-0.39, 0.29) is 11.7 Å². The van der Waals surface area contributed by atoms with Crippen molar-refractivity contribution in [3.63, 3.8) is 0 Å². The van der Waals surface area contributed by atoms with Crippen molar-refractivity contribution in [2.45, 2.75) is 57.7 Å². The minimum absolute atomic E-state index is 0.0833. The van der Waals surface area contributed by atoms with Gasteiger partial charge in [-0.25, -0.2) is 0 Å². The molecule has 0 amide bonds. The summed E-state index contributed by atoms with van der Waals surface area (Å²) in [5, 5.41) is 9.27. The third-order valence-electron chi connectivity index (χ3n) is 6.42. The molecule has 138 valence electrons. The average Bonchev–Trinajstić information content (AvgIpc) is 2.68. The summed E-state index contributed by atoms with van der Waals surface area (Å²) >= 11 is 0. The number of carbonyl (C=O) groups excluding carboxylic acids is 1. The molecule has 2 aliphatic heterocycles. The van der Waals surface area contributed by atoms with E-state index in [2.05, 4.69) is 41.3 Å². The number of nitrogens with zero attached hydrogens (tertiary/aromatic N) is 2. The summed E-state index contributed by atoms with van der Waals surface area (Å²) in [6.45, 7) is 2.89. The van der Waals surface area contributed by atoms with Gasteiger partial charge in [-0.1, -0.05) is 48.9 Å². The van der Waals surface area contributed by atoms with E-state index in [4.69, 9.17) is 0 Å². The van der Waals surface area contributed by atoms with Crippen LogP contribution in [0.2, 0.25) is 0 Å². The van der Waals surface area contributed by atoms with Gasteiger partial charge in [-0.3, -0.25) is 9.69 Å². The highest BCUT2D eigenvalue weighted by Crippen LogP contribution is 2.39. The average molecular weight is 358 g/mol. The third kappa shape index (κ3) is 3.55. The molecule has 2 bridgehead atoms. The topological polar surface area (TPSA) is 44.1 Å². The normalized spacial score (nSPS) is 25.0. The van der Waals surface area contributed by atoms with Crippen molar-refractivity contribution in [2.24, 2.45) is 5.92 Å². The molecule has 3 heteroatoms. The van der Waals surface area contributed by atoms with E-state index < -0.39 is 0 Å². The Morgan fingerprint density at radius 1 is 1.07 bits per heavy atom. The first-order chi connectivity index (χ1) is 13.2. The van der Waals surface area contributed by atoms with Crippen molar-refractivity contribution >= 4 is 5.78 Å². The Bertz CT molecular complexity index is 854. The summed E-state index contributed by atoms with van der Waals surface area (Å²) < 4.78 is 0. The maximum absolute atomic E-state index is 13.3. The highest BCUT2D eigenvalue weighted by atomic mass is 16.1. The van der Waals surface area contributed by atoms with Crippen LogP contribution in [0, 0.1) is 24.2 Å². The Morgan fingerprint density at radius 3 is 2.44 bits per heavy atom. The van der Waals surface area contributed by atoms with Gasteiger partial charge in [0, 0.05) is 30.1 Å². The summed E-state index contributed by atoms with van der Waals surface area (Å²) in [4.78, 5) is 15.9. The SMILES string of the molecule is Cc1c(C#N)cccc1C(=O)C1CC2CCCC(C1)N2Cc1ccccc1. The molecule has 27 heavy (non-hydrogen) atoms. The fraction of sp³-hybridized carbons (Fsp3) is 0.417. The molecule has 0 N–H and O–H groups in total. The van der Waals surface area contributed by atoms with E-state index in [9.17, 15) is 10.1 Å². The van der Waals surface area contributed by atoms with Crippen molar-refractivity contribution in [2.75, 3.05) is 0 Å². The lowest BCUT2D eigenvalue weighted by atomic mass is 9.75. The first kappa shape index (κ1) is 17.9. The molecule has 4 rings (SSSR count). The monoisotopic (exact) mass is 358 g/mol. The van der Waals surface area contributed by atoms with E-state index in [1.54, 1.807) is 6.07 Å². The number of fused-ring (bicyclic) bond motifs is 2. The van der Waals surface area contributed by atoms with Crippen LogP contribution in [0.4, 0.5) is 0 Å². The van der Waals surface area contributed by atoms with Crippen LogP contribution in [0.1, 0.15) is 59.2 Å². The molecule has 0 spiro atoms. The first-order valence-electron chi connectivity index (χ1n) is 10.0. The number of Topliss-reactive ketones (excluding diaryl/α,β-unsaturated/α-hetero) is 1. The van der Waals surface area contributed by atoms with Crippen LogP contribution in [0.3, 0.4) is 0 Å². The van der Waals surface area contributed by atoms with Crippen LogP contribution in [0.25, 0.3) is 0 Å². The van der Waals surface area contributed by atoms with Crippen molar-refractivity contribution < 1.29 is 4.79 Å². The van der Waals surface area contributed by atoms with Crippen LogP contribution in [-0.4, -0.2) is 22.8 Å². The second-order valence-corrected chi connectivity index (χ2v) is 8.02. The minimum Gasteiger partial charge on any atom is -0.294 e. The maximum Gasteiger partial charge on any atom is 0.166 e. The Balaban J connectivity index is 1.53. The van der Waals surface area contributed by atoms with Gasteiger partial charge in [-0.2, -0.15) is 5.26 Å². The van der Waals surface area contributed by atoms with E-state index >= 15 is 0 Å².